The molecule has 4 rings (SSSR count). The van der Waals surface area contributed by atoms with Crippen molar-refractivity contribution >= 4 is 88.4 Å². The van der Waals surface area contributed by atoms with Gasteiger partial charge < -0.3 is 14.4 Å². The largest absolute Gasteiger partial charge is 0.748 e. The summed E-state index contributed by atoms with van der Waals surface area (Å²) in [7, 11) is -8.28. The van der Waals surface area contributed by atoms with Crippen molar-refractivity contribution in [2.75, 3.05) is 42.6 Å². The predicted octanol–water partition coefficient (Wildman–Crippen LogP) is 8.00. The minimum atomic E-state index is -4.26. The summed E-state index contributed by atoms with van der Waals surface area (Å²) in [5, 5.41) is 3.14. The number of nitrogens with zero attached hydrogens (tertiary/aromatic N) is 2. The number of hydrogen-bond acceptors (Lipinski definition) is 9. The van der Waals surface area contributed by atoms with Gasteiger partial charge in [-0.1, -0.05) is 55.7 Å². The monoisotopic (exact) mass is 721 g/mol. The lowest BCUT2D eigenvalue weighted by Gasteiger charge is -2.20. The van der Waals surface area contributed by atoms with E-state index in [0.717, 1.165) is 36.1 Å². The molecule has 1 aromatic heterocycles. The third-order valence-electron chi connectivity index (χ3n) is 7.18. The van der Waals surface area contributed by atoms with Gasteiger partial charge in [0, 0.05) is 36.8 Å². The van der Waals surface area contributed by atoms with Crippen LogP contribution in [-0.2, 0) is 26.7 Å². The molecular weight excluding hydrogens is 684 g/mol. The van der Waals surface area contributed by atoms with Crippen molar-refractivity contribution < 1.29 is 25.9 Å². The number of hydrogen-bond donors (Lipinski definition) is 1. The van der Waals surface area contributed by atoms with Gasteiger partial charge in [0.15, 0.2) is 0 Å². The topological polar surface area (TPSA) is 118 Å². The first-order valence-electron chi connectivity index (χ1n) is 14.5. The first-order chi connectivity index (χ1) is 20.7. The van der Waals surface area contributed by atoms with Gasteiger partial charge in [-0.15, -0.1) is 11.3 Å². The molecule has 0 saturated heterocycles. The van der Waals surface area contributed by atoms with Crippen molar-refractivity contribution in [2.24, 2.45) is 0 Å². The summed E-state index contributed by atoms with van der Waals surface area (Å²) in [5.74, 6) is -0.689. The summed E-state index contributed by atoms with van der Waals surface area (Å²) in [6.07, 6.45) is 4.35. The first kappa shape index (κ1) is 37.1. The van der Waals surface area contributed by atoms with Gasteiger partial charge in [-0.2, -0.15) is 8.42 Å². The number of halogens is 2. The first-order valence-corrected chi connectivity index (χ1v) is 20.1. The molecule has 0 bridgehead atoms. The Bertz CT molecular complexity index is 1650. The molecule has 244 valence electrons. The van der Waals surface area contributed by atoms with Crippen LogP contribution in [0.25, 0.3) is 16.2 Å². The third-order valence-corrected chi connectivity index (χ3v) is 11.5. The van der Waals surface area contributed by atoms with Crippen molar-refractivity contribution in [1.29, 1.82) is 0 Å². The number of thioether (sulfide) groups is 1. The summed E-state index contributed by atoms with van der Waals surface area (Å²) in [5.41, 5.74) is 1.97. The standard InChI is InChI=1S/C24H25Cl2NO6S4.C6H15N/c25-16-6-8-21-19(13-16)18(5-1-3-11-36(28,29)30)23(34-21)15-24-27(10-2-4-12-37(31,32)33)20-14-17(26)7-9-22(20)35-24;1-4-7(5-2)6-3/h6-9,13-15H,1-5,10-12H2,(H,28,29,30)(H,31,32,33);4-6H2,1-3H3/p-1. The SMILES string of the molecule is CCN(CC)CC.O=S(=O)([O-])CCCCc1c(C=C2Sc3ccc(Cl)cc3N2CCCCS(=O)(=O)O)sc2ccc(Cl)cc12. The van der Waals surface area contributed by atoms with Gasteiger partial charge in [-0.05, 0) is 105 Å². The molecule has 1 aliphatic heterocycles. The summed E-state index contributed by atoms with van der Waals surface area (Å²) in [4.78, 5) is 6.50. The fraction of sp³-hybridized carbons (Fsp3) is 0.467. The van der Waals surface area contributed by atoms with E-state index in [2.05, 4.69) is 36.6 Å². The maximum Gasteiger partial charge on any atom is 0.264 e. The van der Waals surface area contributed by atoms with Crippen LogP contribution in [0.15, 0.2) is 46.3 Å². The molecule has 1 aliphatic rings. The Balaban J connectivity index is 0.000000676. The zero-order chi connectivity index (χ0) is 32.5. The highest BCUT2D eigenvalue weighted by molar-refractivity contribution is 8.04. The number of aryl methyl sites for hydroxylation is 1. The van der Waals surface area contributed by atoms with Gasteiger partial charge in [0.2, 0.25) is 0 Å². The smallest absolute Gasteiger partial charge is 0.264 e. The Morgan fingerprint density at radius 1 is 0.909 bits per heavy atom. The molecule has 2 heterocycles. The fourth-order valence-electron chi connectivity index (χ4n) is 4.84. The van der Waals surface area contributed by atoms with Gasteiger partial charge in [-0.25, -0.2) is 8.42 Å². The second-order valence-electron chi connectivity index (χ2n) is 10.3. The summed E-state index contributed by atoms with van der Waals surface area (Å²) < 4.78 is 65.5. The molecule has 44 heavy (non-hydrogen) atoms. The van der Waals surface area contributed by atoms with E-state index in [1.165, 1.54) is 19.6 Å². The quantitative estimate of drug-likeness (QED) is 0.130. The van der Waals surface area contributed by atoms with Crippen molar-refractivity contribution in [1.82, 2.24) is 4.90 Å². The van der Waals surface area contributed by atoms with E-state index in [-0.39, 0.29) is 12.2 Å². The van der Waals surface area contributed by atoms with Crippen molar-refractivity contribution in [3.8, 4) is 0 Å². The van der Waals surface area contributed by atoms with E-state index in [9.17, 15) is 21.4 Å². The van der Waals surface area contributed by atoms with Crippen LogP contribution in [0.4, 0.5) is 5.69 Å². The average Bonchev–Trinajstić information content (AvgIpc) is 3.45. The zero-order valence-electron chi connectivity index (χ0n) is 25.1. The number of fused-ring (bicyclic) bond motifs is 2. The molecule has 2 aromatic carbocycles. The minimum absolute atomic E-state index is 0.276. The van der Waals surface area contributed by atoms with Crippen LogP contribution >= 0.6 is 46.3 Å². The van der Waals surface area contributed by atoms with Gasteiger partial charge >= 0.3 is 0 Å². The van der Waals surface area contributed by atoms with Crippen LogP contribution in [0.3, 0.4) is 0 Å². The summed E-state index contributed by atoms with van der Waals surface area (Å²) in [6, 6.07) is 11.3. The van der Waals surface area contributed by atoms with Crippen LogP contribution in [0.1, 0.15) is 56.9 Å². The zero-order valence-corrected chi connectivity index (χ0v) is 29.9. The Morgan fingerprint density at radius 2 is 1.55 bits per heavy atom. The molecule has 0 fully saturated rings. The minimum Gasteiger partial charge on any atom is -0.748 e. The van der Waals surface area contributed by atoms with Crippen LogP contribution in [0.5, 0.6) is 0 Å². The molecule has 0 unspecified atom stereocenters. The highest BCUT2D eigenvalue weighted by Crippen LogP contribution is 2.49. The molecule has 0 aliphatic carbocycles. The van der Waals surface area contributed by atoms with E-state index >= 15 is 0 Å². The van der Waals surface area contributed by atoms with Gasteiger partial charge in [0.05, 0.1) is 26.6 Å². The van der Waals surface area contributed by atoms with E-state index in [0.29, 0.717) is 42.3 Å². The molecule has 8 nitrogen and oxygen atoms in total. The number of unbranched alkanes of at least 4 members (excludes halogenated alkanes) is 2. The average molecular weight is 723 g/mol. The normalized spacial score (nSPS) is 14.4. The van der Waals surface area contributed by atoms with Crippen LogP contribution < -0.4 is 4.90 Å². The summed E-state index contributed by atoms with van der Waals surface area (Å²) in [6.45, 7) is 10.7. The van der Waals surface area contributed by atoms with E-state index < -0.39 is 26.0 Å². The highest BCUT2D eigenvalue weighted by Gasteiger charge is 2.26. The maximum atomic E-state index is 11.1. The maximum absolute atomic E-state index is 11.1. The molecular formula is C30H39Cl2N2O6S4-. The lowest BCUT2D eigenvalue weighted by molar-refractivity contribution is 0.321. The molecule has 0 saturated carbocycles. The lowest BCUT2D eigenvalue weighted by Crippen LogP contribution is -2.21. The number of rotatable bonds is 14. The molecule has 0 atom stereocenters. The van der Waals surface area contributed by atoms with E-state index in [4.69, 9.17) is 27.8 Å². The summed E-state index contributed by atoms with van der Waals surface area (Å²) >= 11 is 15.7. The van der Waals surface area contributed by atoms with Crippen molar-refractivity contribution in [2.45, 2.75) is 57.8 Å². The van der Waals surface area contributed by atoms with Crippen LogP contribution in [0.2, 0.25) is 10.0 Å². The second kappa shape index (κ2) is 17.0. The molecule has 0 radical (unpaired) electrons. The molecule has 3 aromatic rings. The second-order valence-corrected chi connectivity index (χ2v) is 16.4. The molecule has 14 heteroatoms. The van der Waals surface area contributed by atoms with E-state index in [1.807, 2.05) is 36.4 Å². The lowest BCUT2D eigenvalue weighted by atomic mass is 10.0. The van der Waals surface area contributed by atoms with Gasteiger partial charge in [-0.3, -0.25) is 4.55 Å². The van der Waals surface area contributed by atoms with Gasteiger partial charge in [0.25, 0.3) is 10.1 Å². The molecule has 1 N–H and O–H groups in total. The Kier molecular flexibility index (Phi) is 14.3. The Hall–Kier alpha value is -1.35. The Labute approximate surface area is 279 Å². The van der Waals surface area contributed by atoms with Crippen LogP contribution in [-0.4, -0.2) is 68.5 Å². The molecule has 0 spiro atoms. The van der Waals surface area contributed by atoms with Crippen molar-refractivity contribution in [3.05, 3.63) is 61.9 Å². The van der Waals surface area contributed by atoms with Crippen molar-refractivity contribution in [3.63, 3.8) is 0 Å². The third kappa shape index (κ3) is 11.5. The predicted molar refractivity (Wildman–Crippen MR) is 186 cm³/mol. The Morgan fingerprint density at radius 3 is 2.16 bits per heavy atom. The highest BCUT2D eigenvalue weighted by atomic mass is 35.5. The van der Waals surface area contributed by atoms with Crippen LogP contribution in [0, 0.1) is 0 Å². The number of anilines is 1. The molecule has 0 amide bonds. The van der Waals surface area contributed by atoms with Gasteiger partial charge in [0.1, 0.15) is 0 Å². The van der Waals surface area contributed by atoms with E-state index in [1.54, 1.807) is 23.1 Å². The number of thiophene rings is 1. The fourth-order valence-corrected chi connectivity index (χ4v) is 8.67. The number of benzene rings is 2.